The average Bonchev–Trinajstić information content (AvgIpc) is 2.85. The molecule has 0 atom stereocenters. The molecule has 3 amide bonds. The van der Waals surface area contributed by atoms with Gasteiger partial charge in [0.15, 0.2) is 0 Å². The number of nitrogens with zero attached hydrogens (tertiary/aromatic N) is 4. The molecule has 0 unspecified atom stereocenters. The maximum absolute atomic E-state index is 13.3. The van der Waals surface area contributed by atoms with Gasteiger partial charge in [0.1, 0.15) is 17.2 Å². The number of carbonyl (C=O) groups is 2. The van der Waals surface area contributed by atoms with Crippen LogP contribution in [0.25, 0.3) is 0 Å². The molecule has 154 valence electrons. The van der Waals surface area contributed by atoms with Gasteiger partial charge in [0, 0.05) is 39.9 Å². The van der Waals surface area contributed by atoms with Crippen molar-refractivity contribution < 1.29 is 18.7 Å². The molecule has 28 heavy (non-hydrogen) atoms. The van der Waals surface area contributed by atoms with Crippen LogP contribution in [0.3, 0.4) is 0 Å². The SMILES string of the molecule is COCCCN1C(=O)N(CC(C)C)C2(CCN(c3ccc(F)cn3)CC2)C1=O. The molecule has 0 N–H and O–H groups in total. The van der Waals surface area contributed by atoms with E-state index in [1.807, 2.05) is 4.90 Å². The predicted molar refractivity (Wildman–Crippen MR) is 104 cm³/mol. The Morgan fingerprint density at radius 1 is 1.25 bits per heavy atom. The number of hydrogen-bond donors (Lipinski definition) is 0. The molecule has 0 bridgehead atoms. The fourth-order valence-electron chi connectivity index (χ4n) is 4.11. The quantitative estimate of drug-likeness (QED) is 0.527. The monoisotopic (exact) mass is 392 g/mol. The Kier molecular flexibility index (Phi) is 6.17. The average molecular weight is 392 g/mol. The molecule has 2 aliphatic rings. The van der Waals surface area contributed by atoms with Crippen LogP contribution in [0.4, 0.5) is 15.0 Å². The number of piperidine rings is 1. The van der Waals surface area contributed by atoms with Crippen LogP contribution in [-0.2, 0) is 9.53 Å². The van der Waals surface area contributed by atoms with Crippen molar-refractivity contribution in [1.82, 2.24) is 14.8 Å². The van der Waals surface area contributed by atoms with Gasteiger partial charge in [0.25, 0.3) is 5.91 Å². The summed E-state index contributed by atoms with van der Waals surface area (Å²) in [5.74, 6) is 0.495. The molecule has 8 heteroatoms. The summed E-state index contributed by atoms with van der Waals surface area (Å²) in [5, 5.41) is 0. The zero-order valence-corrected chi connectivity index (χ0v) is 16.9. The van der Waals surface area contributed by atoms with Crippen molar-refractivity contribution in [1.29, 1.82) is 0 Å². The van der Waals surface area contributed by atoms with Crippen LogP contribution in [0, 0.1) is 11.7 Å². The molecule has 3 heterocycles. The smallest absolute Gasteiger partial charge is 0.327 e. The number of urea groups is 1. The van der Waals surface area contributed by atoms with Crippen LogP contribution in [0.15, 0.2) is 18.3 Å². The lowest BCUT2D eigenvalue weighted by Gasteiger charge is -2.43. The number of imide groups is 1. The first-order valence-electron chi connectivity index (χ1n) is 9.88. The third-order valence-electron chi connectivity index (χ3n) is 5.53. The van der Waals surface area contributed by atoms with Gasteiger partial charge in [0.2, 0.25) is 0 Å². The highest BCUT2D eigenvalue weighted by atomic mass is 19.1. The number of carbonyl (C=O) groups excluding carboxylic acids is 2. The molecule has 0 radical (unpaired) electrons. The minimum Gasteiger partial charge on any atom is -0.385 e. The Morgan fingerprint density at radius 2 is 1.96 bits per heavy atom. The second kappa shape index (κ2) is 8.43. The second-order valence-electron chi connectivity index (χ2n) is 7.94. The van der Waals surface area contributed by atoms with Gasteiger partial charge in [-0.3, -0.25) is 9.69 Å². The van der Waals surface area contributed by atoms with Gasteiger partial charge in [-0.1, -0.05) is 13.8 Å². The molecule has 7 nitrogen and oxygen atoms in total. The van der Waals surface area contributed by atoms with Gasteiger partial charge in [-0.15, -0.1) is 0 Å². The van der Waals surface area contributed by atoms with E-state index in [0.717, 1.165) is 0 Å². The lowest BCUT2D eigenvalue weighted by molar-refractivity contribution is -0.134. The summed E-state index contributed by atoms with van der Waals surface area (Å²) in [7, 11) is 1.61. The van der Waals surface area contributed by atoms with E-state index in [1.165, 1.54) is 17.2 Å². The summed E-state index contributed by atoms with van der Waals surface area (Å²) < 4.78 is 18.2. The first-order valence-corrected chi connectivity index (χ1v) is 9.88. The van der Waals surface area contributed by atoms with Gasteiger partial charge < -0.3 is 14.5 Å². The van der Waals surface area contributed by atoms with Crippen LogP contribution >= 0.6 is 0 Å². The van der Waals surface area contributed by atoms with Crippen LogP contribution in [-0.4, -0.2) is 72.2 Å². The zero-order chi connectivity index (χ0) is 20.3. The summed E-state index contributed by atoms with van der Waals surface area (Å²) in [6, 6.07) is 2.85. The van der Waals surface area contributed by atoms with Crippen LogP contribution in [0.1, 0.15) is 33.1 Å². The number of hydrogen-bond acceptors (Lipinski definition) is 5. The molecule has 0 aliphatic carbocycles. The second-order valence-corrected chi connectivity index (χ2v) is 7.94. The van der Waals surface area contributed by atoms with Crippen LogP contribution in [0.2, 0.25) is 0 Å². The van der Waals surface area contributed by atoms with Gasteiger partial charge in [-0.2, -0.15) is 0 Å². The van der Waals surface area contributed by atoms with Crippen molar-refractivity contribution in [2.45, 2.75) is 38.6 Å². The molecule has 0 aromatic carbocycles. The van der Waals surface area contributed by atoms with E-state index in [1.54, 1.807) is 18.1 Å². The Hall–Kier alpha value is -2.22. The lowest BCUT2D eigenvalue weighted by Crippen LogP contribution is -2.57. The fraction of sp³-hybridized carbons (Fsp3) is 0.650. The van der Waals surface area contributed by atoms with E-state index < -0.39 is 5.54 Å². The zero-order valence-electron chi connectivity index (χ0n) is 16.9. The first-order chi connectivity index (χ1) is 13.4. The fourth-order valence-corrected chi connectivity index (χ4v) is 4.11. The number of amides is 3. The molecule has 0 saturated carbocycles. The molecule has 2 fully saturated rings. The summed E-state index contributed by atoms with van der Waals surface area (Å²) in [6.07, 6.45) is 2.92. The predicted octanol–water partition coefficient (Wildman–Crippen LogP) is 2.52. The number of aromatic nitrogens is 1. The van der Waals surface area contributed by atoms with Crippen molar-refractivity contribution in [3.05, 3.63) is 24.1 Å². The van der Waals surface area contributed by atoms with Gasteiger partial charge in [0.05, 0.1) is 6.20 Å². The largest absolute Gasteiger partial charge is 0.385 e. The number of pyridine rings is 1. The standard InChI is InChI=1S/C20H29FN4O3/c1-15(2)14-25-19(27)24(9-4-12-28-3)18(26)20(25)7-10-23(11-8-20)17-6-5-16(21)13-22-17/h5-6,13,15H,4,7-12,14H2,1-3H3. The van der Waals surface area contributed by atoms with E-state index in [0.29, 0.717) is 57.9 Å². The number of halogens is 1. The molecule has 1 aromatic rings. The van der Waals surface area contributed by atoms with Gasteiger partial charge >= 0.3 is 6.03 Å². The molecule has 1 spiro atoms. The van der Waals surface area contributed by atoms with E-state index in [2.05, 4.69) is 18.8 Å². The number of rotatable bonds is 7. The maximum Gasteiger partial charge on any atom is 0.327 e. The highest BCUT2D eigenvalue weighted by Gasteiger charge is 2.57. The topological polar surface area (TPSA) is 66.0 Å². The number of ether oxygens (including phenoxy) is 1. The first kappa shape index (κ1) is 20.5. The summed E-state index contributed by atoms with van der Waals surface area (Å²) in [4.78, 5) is 35.7. The molecule has 2 aliphatic heterocycles. The summed E-state index contributed by atoms with van der Waals surface area (Å²) in [5.41, 5.74) is -0.787. The van der Waals surface area contributed by atoms with Crippen molar-refractivity contribution >= 4 is 17.8 Å². The summed E-state index contributed by atoms with van der Waals surface area (Å²) in [6.45, 7) is 6.74. The highest BCUT2D eigenvalue weighted by Crippen LogP contribution is 2.38. The molecule has 3 rings (SSSR count). The Balaban J connectivity index is 1.78. The third kappa shape index (κ3) is 3.83. The number of methoxy groups -OCH3 is 1. The number of anilines is 1. The minimum absolute atomic E-state index is 0.0963. The van der Waals surface area contributed by atoms with Crippen molar-refractivity contribution in [3.8, 4) is 0 Å². The van der Waals surface area contributed by atoms with Crippen molar-refractivity contribution in [2.75, 3.05) is 44.8 Å². The summed E-state index contributed by atoms with van der Waals surface area (Å²) >= 11 is 0. The molecule has 2 saturated heterocycles. The van der Waals surface area contributed by atoms with E-state index >= 15 is 0 Å². The molecular weight excluding hydrogens is 363 g/mol. The lowest BCUT2D eigenvalue weighted by atomic mass is 9.85. The highest BCUT2D eigenvalue weighted by molar-refractivity contribution is 6.07. The molecular formula is C20H29FN4O3. The van der Waals surface area contributed by atoms with E-state index in [4.69, 9.17) is 4.74 Å². The van der Waals surface area contributed by atoms with E-state index in [9.17, 15) is 14.0 Å². The third-order valence-corrected chi connectivity index (χ3v) is 5.53. The van der Waals surface area contributed by atoms with Crippen LogP contribution in [0.5, 0.6) is 0 Å². The van der Waals surface area contributed by atoms with Crippen molar-refractivity contribution in [3.63, 3.8) is 0 Å². The van der Waals surface area contributed by atoms with Gasteiger partial charge in [-0.25, -0.2) is 14.2 Å². The van der Waals surface area contributed by atoms with Crippen LogP contribution < -0.4 is 4.90 Å². The van der Waals surface area contributed by atoms with Gasteiger partial charge in [-0.05, 0) is 37.3 Å². The molecule has 1 aromatic heterocycles. The van der Waals surface area contributed by atoms with E-state index in [-0.39, 0.29) is 23.7 Å². The Bertz CT molecular complexity index is 702. The Labute approximate surface area is 165 Å². The Morgan fingerprint density at radius 3 is 2.54 bits per heavy atom. The van der Waals surface area contributed by atoms with Crippen molar-refractivity contribution in [2.24, 2.45) is 5.92 Å². The normalized spacial score (nSPS) is 19.4. The minimum atomic E-state index is -0.787. The maximum atomic E-state index is 13.3.